The summed E-state index contributed by atoms with van der Waals surface area (Å²) in [7, 11) is -0.623. The van der Waals surface area contributed by atoms with Gasteiger partial charge in [0.2, 0.25) is 0 Å². The molecule has 0 aliphatic heterocycles. The van der Waals surface area contributed by atoms with Crippen molar-refractivity contribution in [3.05, 3.63) is 94.5 Å². The second-order valence-electron chi connectivity index (χ2n) is 7.13. The van der Waals surface area contributed by atoms with E-state index in [4.69, 9.17) is 11.6 Å². The Morgan fingerprint density at radius 3 is 2.27 bits per heavy atom. The van der Waals surface area contributed by atoms with Crippen LogP contribution in [0.15, 0.2) is 77.7 Å². The summed E-state index contributed by atoms with van der Waals surface area (Å²) in [5, 5.41) is 0.628. The van der Waals surface area contributed by atoms with Gasteiger partial charge in [0.15, 0.2) is 0 Å². The summed E-state index contributed by atoms with van der Waals surface area (Å²) in [6.07, 6.45) is 0. The number of hydrogen-bond acceptors (Lipinski definition) is 3. The first-order valence-corrected chi connectivity index (χ1v) is 11.2. The number of nitrogens with zero attached hydrogens (tertiary/aromatic N) is 2. The van der Waals surface area contributed by atoms with Crippen LogP contribution in [0.25, 0.3) is 0 Å². The van der Waals surface area contributed by atoms with Gasteiger partial charge in [0.05, 0.1) is 10.6 Å². The Bertz CT molecular complexity index is 1160. The highest BCUT2D eigenvalue weighted by Gasteiger charge is 2.23. The molecule has 0 heterocycles. The molecular formula is C23H23ClN2O3S. The standard InChI is InChI=1S/C23H23ClN2O3S/c1-17-6-4-8-21(14-17)26(3)30(28,29)22-9-5-7-19(15-22)23(27)25(2)16-18-10-12-20(24)13-11-18/h4-15H,16H2,1-3H3. The maximum absolute atomic E-state index is 13.1. The minimum absolute atomic E-state index is 0.0669. The van der Waals surface area contributed by atoms with Crippen LogP contribution < -0.4 is 4.31 Å². The van der Waals surface area contributed by atoms with Crippen molar-refractivity contribution in [2.24, 2.45) is 0 Å². The molecule has 156 valence electrons. The third-order valence-corrected chi connectivity index (χ3v) is 6.82. The highest BCUT2D eigenvalue weighted by atomic mass is 35.5. The van der Waals surface area contributed by atoms with E-state index in [1.807, 2.05) is 31.2 Å². The van der Waals surface area contributed by atoms with Crippen LogP contribution in [-0.2, 0) is 16.6 Å². The number of carbonyl (C=O) groups excluding carboxylic acids is 1. The van der Waals surface area contributed by atoms with E-state index in [-0.39, 0.29) is 10.8 Å². The van der Waals surface area contributed by atoms with Crippen LogP contribution >= 0.6 is 11.6 Å². The van der Waals surface area contributed by atoms with Crippen LogP contribution in [0.5, 0.6) is 0 Å². The molecule has 0 bridgehead atoms. The monoisotopic (exact) mass is 442 g/mol. The van der Waals surface area contributed by atoms with E-state index in [0.29, 0.717) is 22.8 Å². The summed E-state index contributed by atoms with van der Waals surface area (Å²) in [6, 6.07) is 20.6. The molecule has 0 fully saturated rings. The second kappa shape index (κ2) is 8.90. The van der Waals surface area contributed by atoms with Gasteiger partial charge >= 0.3 is 0 Å². The number of hydrogen-bond donors (Lipinski definition) is 0. The maximum Gasteiger partial charge on any atom is 0.264 e. The summed E-state index contributed by atoms with van der Waals surface area (Å²) in [4.78, 5) is 14.5. The van der Waals surface area contributed by atoms with Gasteiger partial charge in [-0.2, -0.15) is 0 Å². The smallest absolute Gasteiger partial charge is 0.264 e. The van der Waals surface area contributed by atoms with Gasteiger partial charge < -0.3 is 4.90 Å². The second-order valence-corrected chi connectivity index (χ2v) is 9.53. The predicted molar refractivity (Wildman–Crippen MR) is 120 cm³/mol. The topological polar surface area (TPSA) is 57.7 Å². The molecule has 3 aromatic carbocycles. The van der Waals surface area contributed by atoms with Crippen molar-refractivity contribution in [3.8, 4) is 0 Å². The molecule has 3 rings (SSSR count). The van der Waals surface area contributed by atoms with E-state index in [9.17, 15) is 13.2 Å². The van der Waals surface area contributed by atoms with Gasteiger partial charge in [-0.1, -0.05) is 41.9 Å². The Kier molecular flexibility index (Phi) is 6.48. The van der Waals surface area contributed by atoms with Crippen molar-refractivity contribution < 1.29 is 13.2 Å². The Hall–Kier alpha value is -2.83. The average molecular weight is 443 g/mol. The quantitative estimate of drug-likeness (QED) is 0.553. The highest BCUT2D eigenvalue weighted by molar-refractivity contribution is 7.92. The fraction of sp³-hybridized carbons (Fsp3) is 0.174. The van der Waals surface area contributed by atoms with Gasteiger partial charge in [-0.05, 0) is 60.5 Å². The van der Waals surface area contributed by atoms with Crippen LogP contribution in [0.4, 0.5) is 5.69 Å². The van der Waals surface area contributed by atoms with Crippen molar-refractivity contribution in [3.63, 3.8) is 0 Å². The van der Waals surface area contributed by atoms with Gasteiger partial charge in [-0.3, -0.25) is 9.10 Å². The fourth-order valence-corrected chi connectivity index (χ4v) is 4.43. The lowest BCUT2D eigenvalue weighted by atomic mass is 10.1. The van der Waals surface area contributed by atoms with E-state index >= 15 is 0 Å². The number of anilines is 1. The van der Waals surface area contributed by atoms with Crippen LogP contribution in [0.1, 0.15) is 21.5 Å². The lowest BCUT2D eigenvalue weighted by Crippen LogP contribution is -2.28. The third kappa shape index (κ3) is 4.83. The van der Waals surface area contributed by atoms with Gasteiger partial charge in [0.1, 0.15) is 0 Å². The summed E-state index contributed by atoms with van der Waals surface area (Å²) in [6.45, 7) is 2.29. The van der Waals surface area contributed by atoms with E-state index in [1.54, 1.807) is 48.3 Å². The molecule has 0 atom stereocenters. The maximum atomic E-state index is 13.1. The van der Waals surface area contributed by atoms with E-state index in [2.05, 4.69) is 0 Å². The first kappa shape index (κ1) is 21.9. The van der Waals surface area contributed by atoms with Crippen molar-refractivity contribution in [1.82, 2.24) is 4.90 Å². The van der Waals surface area contributed by atoms with Gasteiger partial charge in [-0.25, -0.2) is 8.42 Å². The molecule has 7 heteroatoms. The van der Waals surface area contributed by atoms with Gasteiger partial charge in [-0.15, -0.1) is 0 Å². The molecular weight excluding hydrogens is 420 g/mol. The van der Waals surface area contributed by atoms with Gasteiger partial charge in [0, 0.05) is 31.2 Å². The highest BCUT2D eigenvalue weighted by Crippen LogP contribution is 2.24. The molecule has 5 nitrogen and oxygen atoms in total. The Morgan fingerprint density at radius 1 is 0.933 bits per heavy atom. The zero-order valence-corrected chi connectivity index (χ0v) is 18.6. The van der Waals surface area contributed by atoms with Crippen molar-refractivity contribution in [2.45, 2.75) is 18.4 Å². The number of sulfonamides is 1. The number of halogens is 1. The molecule has 1 amide bonds. The Morgan fingerprint density at radius 2 is 1.60 bits per heavy atom. The van der Waals surface area contributed by atoms with Crippen LogP contribution in [-0.4, -0.2) is 33.3 Å². The van der Waals surface area contributed by atoms with E-state index < -0.39 is 10.0 Å². The molecule has 0 saturated heterocycles. The largest absolute Gasteiger partial charge is 0.337 e. The van der Waals surface area contributed by atoms with Crippen LogP contribution in [0.3, 0.4) is 0 Å². The number of rotatable bonds is 6. The lowest BCUT2D eigenvalue weighted by molar-refractivity contribution is 0.0785. The molecule has 0 unspecified atom stereocenters. The molecule has 0 aliphatic rings. The molecule has 3 aromatic rings. The number of carbonyl (C=O) groups is 1. The average Bonchev–Trinajstić information content (AvgIpc) is 2.74. The van der Waals surface area contributed by atoms with Crippen molar-refractivity contribution in [1.29, 1.82) is 0 Å². The number of aryl methyl sites for hydroxylation is 1. The minimum atomic E-state index is -3.81. The Labute approximate surface area is 182 Å². The normalized spacial score (nSPS) is 11.2. The summed E-state index contributed by atoms with van der Waals surface area (Å²) in [5.74, 6) is -0.264. The molecule has 0 aromatic heterocycles. The zero-order valence-electron chi connectivity index (χ0n) is 17.0. The van der Waals surface area contributed by atoms with Crippen LogP contribution in [0.2, 0.25) is 5.02 Å². The lowest BCUT2D eigenvalue weighted by Gasteiger charge is -2.21. The van der Waals surface area contributed by atoms with E-state index in [0.717, 1.165) is 11.1 Å². The molecule has 0 N–H and O–H groups in total. The summed E-state index contributed by atoms with van der Waals surface area (Å²) in [5.41, 5.74) is 2.76. The summed E-state index contributed by atoms with van der Waals surface area (Å²) < 4.78 is 27.4. The SMILES string of the molecule is Cc1cccc(N(C)S(=O)(=O)c2cccc(C(=O)N(C)Cc3ccc(Cl)cc3)c2)c1. The predicted octanol–water partition coefficient (Wildman–Crippen LogP) is 4.75. The molecule has 0 radical (unpaired) electrons. The first-order valence-electron chi connectivity index (χ1n) is 9.34. The summed E-state index contributed by atoms with van der Waals surface area (Å²) >= 11 is 5.90. The van der Waals surface area contributed by atoms with E-state index in [1.165, 1.54) is 23.5 Å². The number of amides is 1. The number of benzene rings is 3. The molecule has 0 spiro atoms. The first-order chi connectivity index (χ1) is 14.2. The zero-order chi connectivity index (χ0) is 21.9. The van der Waals surface area contributed by atoms with Crippen molar-refractivity contribution >= 4 is 33.2 Å². The fourth-order valence-electron chi connectivity index (χ4n) is 3.07. The van der Waals surface area contributed by atoms with Gasteiger partial charge in [0.25, 0.3) is 15.9 Å². The minimum Gasteiger partial charge on any atom is -0.337 e. The van der Waals surface area contributed by atoms with Crippen LogP contribution in [0, 0.1) is 6.92 Å². The Balaban J connectivity index is 1.83. The molecule has 0 aliphatic carbocycles. The van der Waals surface area contributed by atoms with Crippen molar-refractivity contribution in [2.75, 3.05) is 18.4 Å². The molecule has 30 heavy (non-hydrogen) atoms. The molecule has 0 saturated carbocycles. The third-order valence-electron chi connectivity index (χ3n) is 4.78.